The van der Waals surface area contributed by atoms with Crippen molar-refractivity contribution >= 4 is 11.5 Å². The van der Waals surface area contributed by atoms with E-state index in [0.717, 1.165) is 11.1 Å². The van der Waals surface area contributed by atoms with Crippen LogP contribution < -0.4 is 0 Å². The highest BCUT2D eigenvalue weighted by molar-refractivity contribution is 5.81. The Kier molecular flexibility index (Phi) is 6.59. The van der Waals surface area contributed by atoms with Gasteiger partial charge in [0.25, 0.3) is 0 Å². The average molecular weight is 341 g/mol. The molecule has 0 unspecified atom stereocenters. The van der Waals surface area contributed by atoms with Crippen LogP contribution in [0, 0.1) is 0 Å². The first-order valence-electron chi connectivity index (χ1n) is 8.74. The number of carboxylic acids is 1. The van der Waals surface area contributed by atoms with E-state index in [-0.39, 0.29) is 10.8 Å². The van der Waals surface area contributed by atoms with Gasteiger partial charge in [-0.2, -0.15) is 0 Å². The molecule has 0 aromatic heterocycles. The van der Waals surface area contributed by atoms with Crippen LogP contribution in [0.3, 0.4) is 0 Å². The third kappa shape index (κ3) is 6.38. The van der Waals surface area contributed by atoms with Crippen LogP contribution in [0.2, 0.25) is 0 Å². The molecule has 1 aromatic rings. The number of carboxylic acid groups (broad SMARTS) is 1. The third-order valence-electron chi connectivity index (χ3n) is 4.15. The fourth-order valence-corrected chi connectivity index (χ4v) is 2.75. The minimum absolute atomic E-state index is 0.0789. The summed E-state index contributed by atoms with van der Waals surface area (Å²) < 4.78 is 0. The van der Waals surface area contributed by atoms with Crippen molar-refractivity contribution in [3.63, 3.8) is 0 Å². The van der Waals surface area contributed by atoms with Gasteiger partial charge in [-0.05, 0) is 52.5 Å². The van der Waals surface area contributed by atoms with Gasteiger partial charge in [0.2, 0.25) is 0 Å². The Bertz CT molecular complexity index is 717. The number of benzene rings is 1. The molecule has 0 bridgehead atoms. The highest BCUT2D eigenvalue weighted by atomic mass is 16.4. The molecule has 0 aliphatic carbocycles. The first kappa shape index (κ1) is 21.0. The summed E-state index contributed by atoms with van der Waals surface area (Å²) >= 11 is 0. The summed E-state index contributed by atoms with van der Waals surface area (Å²) in [7, 11) is 0. The van der Waals surface area contributed by atoms with E-state index >= 15 is 0 Å². The van der Waals surface area contributed by atoms with Crippen LogP contribution in [0.25, 0.3) is 5.57 Å². The molecule has 0 fully saturated rings. The summed E-state index contributed by atoms with van der Waals surface area (Å²) in [5, 5.41) is 8.74. The Morgan fingerprint density at radius 1 is 0.960 bits per heavy atom. The molecule has 1 N–H and O–H groups in total. The Balaban J connectivity index is 3.24. The number of allylic oxidation sites excluding steroid dienone is 5. The molecule has 0 saturated carbocycles. The van der Waals surface area contributed by atoms with Gasteiger partial charge in [-0.15, -0.1) is 0 Å². The zero-order valence-corrected chi connectivity index (χ0v) is 16.9. The van der Waals surface area contributed by atoms with Gasteiger partial charge in [-0.3, -0.25) is 0 Å². The lowest BCUT2D eigenvalue weighted by molar-refractivity contribution is -0.131. The summed E-state index contributed by atoms with van der Waals surface area (Å²) in [6, 6.07) is 6.71. The van der Waals surface area contributed by atoms with E-state index in [2.05, 4.69) is 66.7 Å². The number of rotatable bonds is 4. The van der Waals surface area contributed by atoms with Crippen LogP contribution in [0.1, 0.15) is 72.1 Å². The standard InChI is InChI=1S/C23H32O2/c1-16(14-21(24)25)10-9-11-17(2)18-12-13-19(22(3,4)5)20(15-18)23(6,7)8/h9-15H,1-8H3,(H,24,25). The van der Waals surface area contributed by atoms with Crippen molar-refractivity contribution in [2.24, 2.45) is 0 Å². The average Bonchev–Trinajstić information content (AvgIpc) is 2.43. The van der Waals surface area contributed by atoms with Crippen LogP contribution in [-0.4, -0.2) is 11.1 Å². The van der Waals surface area contributed by atoms with E-state index in [9.17, 15) is 4.79 Å². The second-order valence-corrected chi connectivity index (χ2v) is 8.70. The zero-order valence-electron chi connectivity index (χ0n) is 16.9. The maximum Gasteiger partial charge on any atom is 0.328 e. The molecular formula is C23H32O2. The van der Waals surface area contributed by atoms with E-state index in [0.29, 0.717) is 0 Å². The molecule has 0 radical (unpaired) electrons. The van der Waals surface area contributed by atoms with E-state index < -0.39 is 5.97 Å². The maximum atomic E-state index is 10.6. The lowest BCUT2D eigenvalue weighted by Crippen LogP contribution is -2.22. The van der Waals surface area contributed by atoms with Gasteiger partial charge in [0.05, 0.1) is 0 Å². The second kappa shape index (κ2) is 7.86. The summed E-state index contributed by atoms with van der Waals surface area (Å²) in [5.41, 5.74) is 6.01. The number of hydrogen-bond donors (Lipinski definition) is 1. The molecule has 0 heterocycles. The summed E-state index contributed by atoms with van der Waals surface area (Å²) in [4.78, 5) is 10.6. The molecule has 0 atom stereocenters. The van der Waals surface area contributed by atoms with Crippen LogP contribution >= 0.6 is 0 Å². The minimum atomic E-state index is -0.921. The van der Waals surface area contributed by atoms with Crippen molar-refractivity contribution < 1.29 is 9.90 Å². The van der Waals surface area contributed by atoms with E-state index in [1.807, 2.05) is 18.2 Å². The maximum absolute atomic E-state index is 10.6. The zero-order chi connectivity index (χ0) is 19.4. The minimum Gasteiger partial charge on any atom is -0.478 e. The van der Waals surface area contributed by atoms with E-state index in [4.69, 9.17) is 5.11 Å². The van der Waals surface area contributed by atoms with Gasteiger partial charge < -0.3 is 5.11 Å². The first-order valence-corrected chi connectivity index (χ1v) is 8.74. The first-order chi connectivity index (χ1) is 11.3. The van der Waals surface area contributed by atoms with Crippen molar-refractivity contribution in [3.05, 3.63) is 64.8 Å². The topological polar surface area (TPSA) is 37.3 Å². The Labute approximate surface area is 153 Å². The van der Waals surface area contributed by atoms with Crippen molar-refractivity contribution in [2.45, 2.75) is 66.2 Å². The van der Waals surface area contributed by atoms with E-state index in [1.165, 1.54) is 22.8 Å². The Hall–Kier alpha value is -2.09. The lowest BCUT2D eigenvalue weighted by Gasteiger charge is -2.30. The highest BCUT2D eigenvalue weighted by Crippen LogP contribution is 2.35. The summed E-state index contributed by atoms with van der Waals surface area (Å²) in [6.45, 7) is 17.4. The van der Waals surface area contributed by atoms with Crippen molar-refractivity contribution in [1.29, 1.82) is 0 Å². The molecular weight excluding hydrogens is 308 g/mol. The van der Waals surface area contributed by atoms with Gasteiger partial charge in [0, 0.05) is 6.08 Å². The number of aliphatic carboxylic acids is 1. The molecule has 2 heteroatoms. The molecule has 1 aromatic carbocycles. The fourth-order valence-electron chi connectivity index (χ4n) is 2.75. The molecule has 0 saturated heterocycles. The normalized spacial score (nSPS) is 14.2. The molecule has 25 heavy (non-hydrogen) atoms. The summed E-state index contributed by atoms with van der Waals surface area (Å²) in [6.07, 6.45) is 6.94. The summed E-state index contributed by atoms with van der Waals surface area (Å²) in [5.74, 6) is -0.921. The third-order valence-corrected chi connectivity index (χ3v) is 4.15. The highest BCUT2D eigenvalue weighted by Gasteiger charge is 2.25. The molecule has 1 rings (SSSR count). The predicted octanol–water partition coefficient (Wildman–Crippen LogP) is 6.27. The molecule has 136 valence electrons. The van der Waals surface area contributed by atoms with Gasteiger partial charge in [0.15, 0.2) is 0 Å². The van der Waals surface area contributed by atoms with Crippen molar-refractivity contribution in [1.82, 2.24) is 0 Å². The second-order valence-electron chi connectivity index (χ2n) is 8.70. The molecule has 2 nitrogen and oxygen atoms in total. The molecule has 0 aliphatic heterocycles. The Morgan fingerprint density at radius 2 is 1.52 bits per heavy atom. The van der Waals surface area contributed by atoms with Gasteiger partial charge in [-0.1, -0.05) is 78.0 Å². The number of carbonyl (C=O) groups is 1. The molecule has 0 spiro atoms. The van der Waals surface area contributed by atoms with Crippen LogP contribution in [0.4, 0.5) is 0 Å². The largest absolute Gasteiger partial charge is 0.478 e. The van der Waals surface area contributed by atoms with E-state index in [1.54, 1.807) is 6.92 Å². The van der Waals surface area contributed by atoms with Crippen molar-refractivity contribution in [3.8, 4) is 0 Å². The monoisotopic (exact) mass is 340 g/mol. The fraction of sp³-hybridized carbons (Fsp3) is 0.435. The molecule has 0 aliphatic rings. The van der Waals surface area contributed by atoms with Gasteiger partial charge >= 0.3 is 5.97 Å². The van der Waals surface area contributed by atoms with Gasteiger partial charge in [-0.25, -0.2) is 4.79 Å². The van der Waals surface area contributed by atoms with Crippen LogP contribution in [-0.2, 0) is 15.6 Å². The van der Waals surface area contributed by atoms with Crippen molar-refractivity contribution in [2.75, 3.05) is 0 Å². The number of hydrogen-bond acceptors (Lipinski definition) is 1. The van der Waals surface area contributed by atoms with Crippen LogP contribution in [0.5, 0.6) is 0 Å². The molecule has 0 amide bonds. The predicted molar refractivity (Wildman–Crippen MR) is 108 cm³/mol. The van der Waals surface area contributed by atoms with Gasteiger partial charge in [0.1, 0.15) is 0 Å². The SMILES string of the molecule is CC(C=CC=C(C)c1ccc(C(C)(C)C)c(C(C)(C)C)c1)=CC(=O)O. The smallest absolute Gasteiger partial charge is 0.328 e. The lowest BCUT2D eigenvalue weighted by atomic mass is 9.74. The quantitative estimate of drug-likeness (QED) is 0.518. The van der Waals surface area contributed by atoms with Crippen LogP contribution in [0.15, 0.2) is 48.1 Å². The Morgan fingerprint density at radius 3 is 2.00 bits per heavy atom.